The number of hydrogen-bond acceptors (Lipinski definition) is 5. The molecule has 0 bridgehead atoms. The van der Waals surface area contributed by atoms with E-state index < -0.39 is 17.6 Å². The van der Waals surface area contributed by atoms with Gasteiger partial charge in [0.15, 0.2) is 11.0 Å². The minimum absolute atomic E-state index is 0.0687. The number of hydrogen-bond donors (Lipinski definition) is 1. The van der Waals surface area contributed by atoms with Gasteiger partial charge < -0.3 is 14.3 Å². The van der Waals surface area contributed by atoms with E-state index in [1.165, 1.54) is 12.3 Å². The Labute approximate surface area is 167 Å². The van der Waals surface area contributed by atoms with E-state index in [9.17, 15) is 18.0 Å². The summed E-state index contributed by atoms with van der Waals surface area (Å²) in [7, 11) is 1.73. The van der Waals surface area contributed by atoms with E-state index in [4.69, 9.17) is 16.0 Å². The van der Waals surface area contributed by atoms with Gasteiger partial charge in [0.1, 0.15) is 5.76 Å². The summed E-state index contributed by atoms with van der Waals surface area (Å²) in [5.74, 6) is 0.483. The van der Waals surface area contributed by atoms with Gasteiger partial charge in [-0.1, -0.05) is 23.4 Å². The van der Waals surface area contributed by atoms with Crippen LogP contribution in [0.25, 0.3) is 11.4 Å². The topological polar surface area (TPSA) is 72.9 Å². The molecule has 2 aromatic heterocycles. The maximum absolute atomic E-state index is 13.1. The first-order chi connectivity index (χ1) is 13.2. The normalized spacial score (nSPS) is 11.6. The Bertz CT molecular complexity index is 1020. The Morgan fingerprint density at radius 3 is 2.71 bits per heavy atom. The zero-order valence-corrected chi connectivity index (χ0v) is 16.2. The van der Waals surface area contributed by atoms with Crippen LogP contribution in [0.4, 0.5) is 18.9 Å². The molecule has 6 nitrogen and oxygen atoms in total. The number of aryl methyl sites for hydroxylation is 1. The zero-order chi connectivity index (χ0) is 20.5. The van der Waals surface area contributed by atoms with Crippen molar-refractivity contribution in [3.05, 3.63) is 46.9 Å². The van der Waals surface area contributed by atoms with Crippen LogP contribution in [0.1, 0.15) is 11.3 Å². The molecule has 0 atom stereocenters. The summed E-state index contributed by atoms with van der Waals surface area (Å²) in [4.78, 5) is 12.1. The molecule has 3 aromatic rings. The molecule has 0 fully saturated rings. The standard InChI is InChI=1S/C17H14ClF3N4O2S/c1-9-11(5-6-27-9)15-23-24-16(25(15)2)28-8-14(26)22-13-4-3-10(18)7-12(13)17(19,20)21/h3-7H,8H2,1-2H3,(H,22,26). The second-order valence-electron chi connectivity index (χ2n) is 5.78. The lowest BCUT2D eigenvalue weighted by atomic mass is 10.1. The second-order valence-corrected chi connectivity index (χ2v) is 7.16. The highest BCUT2D eigenvalue weighted by molar-refractivity contribution is 7.99. The number of alkyl halides is 3. The maximum atomic E-state index is 13.1. The largest absolute Gasteiger partial charge is 0.469 e. The fourth-order valence-electron chi connectivity index (χ4n) is 2.47. The van der Waals surface area contributed by atoms with Gasteiger partial charge in [-0.25, -0.2) is 0 Å². The van der Waals surface area contributed by atoms with Crippen molar-refractivity contribution in [2.45, 2.75) is 18.3 Å². The number of nitrogens with one attached hydrogen (secondary N) is 1. The molecule has 0 aliphatic carbocycles. The van der Waals surface area contributed by atoms with Crippen LogP contribution in [0.15, 0.2) is 40.1 Å². The van der Waals surface area contributed by atoms with Gasteiger partial charge in [0.25, 0.3) is 0 Å². The quantitative estimate of drug-likeness (QED) is 0.589. The van der Waals surface area contributed by atoms with Gasteiger partial charge in [-0.2, -0.15) is 13.2 Å². The lowest BCUT2D eigenvalue weighted by Gasteiger charge is -2.14. The average molecular weight is 431 g/mol. The van der Waals surface area contributed by atoms with E-state index in [2.05, 4.69) is 15.5 Å². The number of anilines is 1. The molecule has 0 aliphatic rings. The van der Waals surface area contributed by atoms with Gasteiger partial charge in [-0.3, -0.25) is 4.79 Å². The number of carbonyl (C=O) groups excluding carboxylic acids is 1. The van der Waals surface area contributed by atoms with E-state index in [1.54, 1.807) is 24.6 Å². The molecular weight excluding hydrogens is 417 g/mol. The van der Waals surface area contributed by atoms with Crippen molar-refractivity contribution < 1.29 is 22.4 Å². The van der Waals surface area contributed by atoms with Crippen molar-refractivity contribution in [2.24, 2.45) is 7.05 Å². The third kappa shape index (κ3) is 4.33. The first kappa shape index (κ1) is 20.3. The number of carbonyl (C=O) groups is 1. The molecule has 0 aliphatic heterocycles. The van der Waals surface area contributed by atoms with Crippen molar-refractivity contribution >= 4 is 35.0 Å². The van der Waals surface area contributed by atoms with E-state index in [-0.39, 0.29) is 16.5 Å². The van der Waals surface area contributed by atoms with Crippen molar-refractivity contribution in [3.63, 3.8) is 0 Å². The van der Waals surface area contributed by atoms with Crippen LogP contribution in [0.5, 0.6) is 0 Å². The Hall–Kier alpha value is -2.46. The summed E-state index contributed by atoms with van der Waals surface area (Å²) in [5.41, 5.74) is -0.591. The molecule has 0 saturated heterocycles. The van der Waals surface area contributed by atoms with E-state index in [1.807, 2.05) is 0 Å². The van der Waals surface area contributed by atoms with Crippen molar-refractivity contribution in [2.75, 3.05) is 11.1 Å². The Kier molecular flexibility index (Phi) is 5.71. The van der Waals surface area contributed by atoms with Gasteiger partial charge in [-0.05, 0) is 31.2 Å². The summed E-state index contributed by atoms with van der Waals surface area (Å²) in [5, 5.41) is 10.7. The van der Waals surface area contributed by atoms with E-state index in [0.717, 1.165) is 29.5 Å². The van der Waals surface area contributed by atoms with Crippen molar-refractivity contribution in [1.82, 2.24) is 14.8 Å². The molecular formula is C17H14ClF3N4O2S. The summed E-state index contributed by atoms with van der Waals surface area (Å²) < 4.78 is 46.2. The Morgan fingerprint density at radius 2 is 2.07 bits per heavy atom. The molecule has 28 heavy (non-hydrogen) atoms. The third-order valence-corrected chi connectivity index (χ3v) is 5.08. The summed E-state index contributed by atoms with van der Waals surface area (Å²) in [6, 6.07) is 4.92. The highest BCUT2D eigenvalue weighted by atomic mass is 35.5. The molecule has 0 radical (unpaired) electrons. The summed E-state index contributed by atoms with van der Waals surface area (Å²) in [6.07, 6.45) is -3.11. The number of amides is 1. The van der Waals surface area contributed by atoms with Crippen LogP contribution < -0.4 is 5.32 Å². The Balaban J connectivity index is 1.69. The van der Waals surface area contributed by atoms with Crippen molar-refractivity contribution in [1.29, 1.82) is 0 Å². The van der Waals surface area contributed by atoms with Gasteiger partial charge in [0.2, 0.25) is 5.91 Å². The number of halogens is 4. The monoisotopic (exact) mass is 430 g/mol. The second kappa shape index (κ2) is 7.88. The SMILES string of the molecule is Cc1occc1-c1nnc(SCC(=O)Nc2ccc(Cl)cc2C(F)(F)F)n1C. The number of nitrogens with zero attached hydrogens (tertiary/aromatic N) is 3. The predicted molar refractivity (Wildman–Crippen MR) is 99.2 cm³/mol. The summed E-state index contributed by atoms with van der Waals surface area (Å²) in [6.45, 7) is 1.79. The minimum Gasteiger partial charge on any atom is -0.469 e. The maximum Gasteiger partial charge on any atom is 0.418 e. The van der Waals surface area contributed by atoms with Gasteiger partial charge in [0.05, 0.1) is 28.8 Å². The van der Waals surface area contributed by atoms with Crippen LogP contribution in [0.3, 0.4) is 0 Å². The van der Waals surface area contributed by atoms with E-state index in [0.29, 0.717) is 16.7 Å². The molecule has 2 heterocycles. The van der Waals surface area contributed by atoms with Crippen LogP contribution >= 0.6 is 23.4 Å². The van der Waals surface area contributed by atoms with E-state index >= 15 is 0 Å². The number of rotatable bonds is 5. The van der Waals surface area contributed by atoms with Crippen LogP contribution in [-0.2, 0) is 18.0 Å². The number of benzene rings is 1. The van der Waals surface area contributed by atoms with Crippen LogP contribution in [0, 0.1) is 6.92 Å². The summed E-state index contributed by atoms with van der Waals surface area (Å²) >= 11 is 6.69. The molecule has 11 heteroatoms. The van der Waals surface area contributed by atoms with Gasteiger partial charge >= 0.3 is 6.18 Å². The zero-order valence-electron chi connectivity index (χ0n) is 14.7. The fraction of sp³-hybridized carbons (Fsp3) is 0.235. The molecule has 0 spiro atoms. The smallest absolute Gasteiger partial charge is 0.418 e. The molecule has 0 unspecified atom stereocenters. The predicted octanol–water partition coefficient (Wildman–Crippen LogP) is 4.79. The van der Waals surface area contributed by atoms with Gasteiger partial charge in [-0.15, -0.1) is 10.2 Å². The highest BCUT2D eigenvalue weighted by Gasteiger charge is 2.34. The lowest BCUT2D eigenvalue weighted by Crippen LogP contribution is -2.18. The third-order valence-electron chi connectivity index (χ3n) is 3.83. The van der Waals surface area contributed by atoms with Crippen molar-refractivity contribution in [3.8, 4) is 11.4 Å². The lowest BCUT2D eigenvalue weighted by molar-refractivity contribution is -0.137. The average Bonchev–Trinajstić information content (AvgIpc) is 3.19. The molecule has 3 rings (SSSR count). The van der Waals surface area contributed by atoms with Crippen LogP contribution in [0.2, 0.25) is 5.02 Å². The molecule has 0 saturated carbocycles. The Morgan fingerprint density at radius 1 is 1.32 bits per heavy atom. The molecule has 1 N–H and O–H groups in total. The van der Waals surface area contributed by atoms with Gasteiger partial charge in [0, 0.05) is 12.1 Å². The number of furan rings is 1. The number of thioether (sulfide) groups is 1. The number of aromatic nitrogens is 3. The highest BCUT2D eigenvalue weighted by Crippen LogP contribution is 2.36. The first-order valence-corrected chi connectivity index (χ1v) is 9.26. The van der Waals surface area contributed by atoms with Crippen LogP contribution in [-0.4, -0.2) is 26.4 Å². The first-order valence-electron chi connectivity index (χ1n) is 7.90. The minimum atomic E-state index is -4.64. The molecule has 1 amide bonds. The molecule has 148 valence electrons. The fourth-order valence-corrected chi connectivity index (χ4v) is 3.35. The molecule has 1 aromatic carbocycles.